The summed E-state index contributed by atoms with van der Waals surface area (Å²) in [7, 11) is 0. The van der Waals surface area contributed by atoms with Crippen LogP contribution in [0, 0.1) is 13.8 Å². The van der Waals surface area contributed by atoms with E-state index in [1.54, 1.807) is 33.8 Å². The molecule has 6 heteroatoms. The molecule has 0 aliphatic heterocycles. The van der Waals surface area contributed by atoms with Gasteiger partial charge in [-0.2, -0.15) is 0 Å². The van der Waals surface area contributed by atoms with Crippen molar-refractivity contribution >= 4 is 11.7 Å². The number of benzene rings is 1. The van der Waals surface area contributed by atoms with Crippen molar-refractivity contribution in [1.82, 2.24) is 0 Å². The van der Waals surface area contributed by atoms with Crippen molar-refractivity contribution in [2.45, 2.75) is 33.7 Å². The summed E-state index contributed by atoms with van der Waals surface area (Å²) in [5.41, 5.74) is 17.6. The normalized spacial score (nSPS) is 11.6. The largest absolute Gasteiger partial charge is 0.462 e. The smallest absolute Gasteiger partial charge is 0.338 e. The Hall–Kier alpha value is -2.04. The number of azide groups is 1. The van der Waals surface area contributed by atoms with Crippen molar-refractivity contribution in [3.63, 3.8) is 0 Å². The van der Waals surface area contributed by atoms with Crippen molar-refractivity contribution in [3.8, 4) is 0 Å². The minimum Gasteiger partial charge on any atom is -0.462 e. The maximum atomic E-state index is 12.0. The number of nitrogens with zero attached hydrogens (tertiary/aromatic N) is 3. The number of nitrogens with two attached hydrogens (primary N) is 1. The lowest BCUT2D eigenvalue weighted by Gasteiger charge is -2.18. The fourth-order valence-electron chi connectivity index (χ4n) is 2.15. The summed E-state index contributed by atoms with van der Waals surface area (Å²) in [5, 5.41) is 3.67. The number of carbonyl (C=O) groups is 1. The molecular weight excluding hydrogens is 244 g/mol. The molecule has 0 aliphatic carbocycles. The first-order chi connectivity index (χ1) is 8.93. The van der Waals surface area contributed by atoms with Gasteiger partial charge in [-0.1, -0.05) is 5.11 Å². The van der Waals surface area contributed by atoms with E-state index in [-0.39, 0.29) is 6.04 Å². The molecule has 1 aromatic rings. The van der Waals surface area contributed by atoms with Gasteiger partial charge in [0.2, 0.25) is 0 Å². The molecule has 6 nitrogen and oxygen atoms in total. The predicted molar refractivity (Wildman–Crippen MR) is 73.3 cm³/mol. The van der Waals surface area contributed by atoms with E-state index < -0.39 is 5.97 Å². The van der Waals surface area contributed by atoms with Crippen molar-refractivity contribution in [2.75, 3.05) is 6.61 Å². The zero-order chi connectivity index (χ0) is 14.6. The van der Waals surface area contributed by atoms with Crippen LogP contribution in [0.5, 0.6) is 0 Å². The van der Waals surface area contributed by atoms with Gasteiger partial charge in [0.25, 0.3) is 0 Å². The number of rotatable bonds is 4. The maximum Gasteiger partial charge on any atom is 0.338 e. The van der Waals surface area contributed by atoms with E-state index in [2.05, 4.69) is 10.0 Å². The van der Waals surface area contributed by atoms with E-state index in [9.17, 15) is 4.79 Å². The first-order valence-corrected chi connectivity index (χ1v) is 6.05. The third-order valence-corrected chi connectivity index (χ3v) is 2.88. The lowest BCUT2D eigenvalue weighted by Crippen LogP contribution is -2.16. The van der Waals surface area contributed by atoms with Crippen LogP contribution in [0.15, 0.2) is 11.2 Å². The molecule has 1 aromatic carbocycles. The van der Waals surface area contributed by atoms with E-state index >= 15 is 0 Å². The molecule has 0 saturated carbocycles. The molecule has 1 rings (SSSR count). The van der Waals surface area contributed by atoms with E-state index in [0.29, 0.717) is 23.4 Å². The third kappa shape index (κ3) is 3.05. The van der Waals surface area contributed by atoms with Crippen molar-refractivity contribution in [1.29, 1.82) is 0 Å². The van der Waals surface area contributed by atoms with Crippen LogP contribution >= 0.6 is 0 Å². The first kappa shape index (κ1) is 15.0. The summed E-state index contributed by atoms with van der Waals surface area (Å²) in [4.78, 5) is 14.8. The van der Waals surface area contributed by atoms with E-state index in [4.69, 9.17) is 16.0 Å². The van der Waals surface area contributed by atoms with Gasteiger partial charge in [0, 0.05) is 16.6 Å². The van der Waals surface area contributed by atoms with Gasteiger partial charge < -0.3 is 10.5 Å². The average molecular weight is 262 g/mol. The average Bonchev–Trinajstić information content (AvgIpc) is 2.33. The van der Waals surface area contributed by atoms with Crippen molar-refractivity contribution < 1.29 is 9.53 Å². The van der Waals surface area contributed by atoms with Crippen LogP contribution in [-0.2, 0) is 4.74 Å². The molecule has 0 aliphatic rings. The molecule has 0 bridgehead atoms. The fourth-order valence-corrected chi connectivity index (χ4v) is 2.15. The highest BCUT2D eigenvalue weighted by atomic mass is 16.5. The van der Waals surface area contributed by atoms with Crippen LogP contribution in [-0.4, -0.2) is 12.6 Å². The maximum absolute atomic E-state index is 12.0. The number of aryl methyl sites for hydroxylation is 1. The SMILES string of the molecule is CCOC(=O)c1cc(C)c(N=[N+]=[N-])c(C)c1C(C)N. The Kier molecular flexibility index (Phi) is 4.92. The Morgan fingerprint density at radius 1 is 1.58 bits per heavy atom. The topological polar surface area (TPSA) is 101 Å². The van der Waals surface area contributed by atoms with Crippen LogP contribution in [0.4, 0.5) is 5.69 Å². The lowest BCUT2D eigenvalue weighted by molar-refractivity contribution is 0.0524. The zero-order valence-corrected chi connectivity index (χ0v) is 11.6. The Morgan fingerprint density at radius 2 is 2.21 bits per heavy atom. The molecule has 0 spiro atoms. The highest BCUT2D eigenvalue weighted by molar-refractivity contribution is 5.93. The monoisotopic (exact) mass is 262 g/mol. The molecule has 1 atom stereocenters. The van der Waals surface area contributed by atoms with Gasteiger partial charge in [0.05, 0.1) is 12.2 Å². The molecule has 1 unspecified atom stereocenters. The molecule has 0 radical (unpaired) electrons. The van der Waals surface area contributed by atoms with Gasteiger partial charge in [-0.15, -0.1) is 0 Å². The van der Waals surface area contributed by atoms with Crippen LogP contribution in [0.3, 0.4) is 0 Å². The summed E-state index contributed by atoms with van der Waals surface area (Å²) in [6.45, 7) is 7.40. The van der Waals surface area contributed by atoms with Crippen LogP contribution in [0.2, 0.25) is 0 Å². The second-order valence-corrected chi connectivity index (χ2v) is 4.33. The van der Waals surface area contributed by atoms with Gasteiger partial charge in [-0.05, 0) is 56.0 Å². The molecule has 102 valence electrons. The number of ether oxygens (including phenoxy) is 1. The fraction of sp³-hybridized carbons (Fsp3) is 0.462. The third-order valence-electron chi connectivity index (χ3n) is 2.88. The van der Waals surface area contributed by atoms with Crippen LogP contribution in [0.1, 0.15) is 46.9 Å². The predicted octanol–water partition coefficient (Wildman–Crippen LogP) is 3.44. The molecular formula is C13H18N4O2. The van der Waals surface area contributed by atoms with Crippen LogP contribution in [0.25, 0.3) is 10.4 Å². The zero-order valence-electron chi connectivity index (χ0n) is 11.6. The van der Waals surface area contributed by atoms with Crippen LogP contribution < -0.4 is 5.73 Å². The number of esters is 1. The van der Waals surface area contributed by atoms with E-state index in [1.807, 2.05) is 0 Å². The second kappa shape index (κ2) is 6.22. The minimum atomic E-state index is -0.409. The molecule has 0 fully saturated rings. The molecule has 0 saturated heterocycles. The Balaban J connectivity index is 3.57. The van der Waals surface area contributed by atoms with Crippen molar-refractivity contribution in [3.05, 3.63) is 38.8 Å². The summed E-state index contributed by atoms with van der Waals surface area (Å²) in [5.74, 6) is -0.409. The van der Waals surface area contributed by atoms with Gasteiger partial charge in [-0.25, -0.2) is 4.79 Å². The highest BCUT2D eigenvalue weighted by Crippen LogP contribution is 2.33. The Bertz CT molecular complexity index is 546. The summed E-state index contributed by atoms with van der Waals surface area (Å²) < 4.78 is 5.03. The van der Waals surface area contributed by atoms with Gasteiger partial charge in [-0.3, -0.25) is 0 Å². The number of carbonyl (C=O) groups excluding carboxylic acids is 1. The summed E-state index contributed by atoms with van der Waals surface area (Å²) in [6.07, 6.45) is 0. The lowest BCUT2D eigenvalue weighted by atomic mass is 9.92. The quantitative estimate of drug-likeness (QED) is 0.389. The summed E-state index contributed by atoms with van der Waals surface area (Å²) >= 11 is 0. The van der Waals surface area contributed by atoms with E-state index in [1.165, 1.54) is 0 Å². The Labute approximate surface area is 112 Å². The number of hydrogen-bond acceptors (Lipinski definition) is 4. The number of hydrogen-bond donors (Lipinski definition) is 1. The standard InChI is InChI=1S/C13H18N4O2/c1-5-19-13(18)10-6-7(2)12(16-17-15)8(3)11(10)9(4)14/h6,9H,5,14H2,1-4H3. The molecule has 0 amide bonds. The van der Waals surface area contributed by atoms with E-state index in [0.717, 1.165) is 11.1 Å². The summed E-state index contributed by atoms with van der Waals surface area (Å²) in [6, 6.07) is 1.31. The molecule has 19 heavy (non-hydrogen) atoms. The van der Waals surface area contributed by atoms with Gasteiger partial charge >= 0.3 is 5.97 Å². The second-order valence-electron chi connectivity index (χ2n) is 4.33. The first-order valence-electron chi connectivity index (χ1n) is 6.05. The van der Waals surface area contributed by atoms with Crippen molar-refractivity contribution in [2.24, 2.45) is 10.8 Å². The molecule has 2 N–H and O–H groups in total. The minimum absolute atomic E-state index is 0.299. The molecule has 0 aromatic heterocycles. The molecule has 0 heterocycles. The van der Waals surface area contributed by atoms with Gasteiger partial charge in [0.1, 0.15) is 0 Å². The Morgan fingerprint density at radius 3 is 2.68 bits per heavy atom. The highest BCUT2D eigenvalue weighted by Gasteiger charge is 2.20. The van der Waals surface area contributed by atoms with Gasteiger partial charge in [0.15, 0.2) is 0 Å².